The topological polar surface area (TPSA) is 57.7 Å². The molecule has 2 aliphatic heterocycles. The summed E-state index contributed by atoms with van der Waals surface area (Å²) in [5.74, 6) is -0.491. The molecule has 0 radical (unpaired) electrons. The van der Waals surface area contributed by atoms with Gasteiger partial charge >= 0.3 is 0 Å². The number of allylic oxidation sites excluding steroid dienone is 2. The summed E-state index contributed by atoms with van der Waals surface area (Å²) < 4.78 is 0. The second-order valence-electron chi connectivity index (χ2n) is 8.99. The van der Waals surface area contributed by atoms with Crippen LogP contribution < -0.4 is 0 Å². The van der Waals surface area contributed by atoms with Crippen LogP contribution in [0.4, 0.5) is 0 Å². The molecule has 5 nitrogen and oxygen atoms in total. The number of benzene rings is 1. The monoisotopic (exact) mass is 392 g/mol. The van der Waals surface area contributed by atoms with Crippen molar-refractivity contribution in [3.63, 3.8) is 0 Å². The fourth-order valence-corrected chi connectivity index (χ4v) is 5.86. The van der Waals surface area contributed by atoms with Crippen LogP contribution in [0.15, 0.2) is 42.5 Å². The summed E-state index contributed by atoms with van der Waals surface area (Å²) in [5.41, 5.74) is 0.986. The Bertz CT molecular complexity index is 811. The van der Waals surface area contributed by atoms with Gasteiger partial charge in [0.2, 0.25) is 17.7 Å². The Kier molecular flexibility index (Phi) is 4.76. The number of nitrogens with zero attached hydrogens (tertiary/aromatic N) is 2. The number of hydrogen-bond donors (Lipinski definition) is 0. The lowest BCUT2D eigenvalue weighted by atomic mass is 9.85. The van der Waals surface area contributed by atoms with E-state index in [-0.39, 0.29) is 41.4 Å². The number of fused-ring (bicyclic) bond motifs is 5. The highest BCUT2D eigenvalue weighted by Crippen LogP contribution is 2.53. The van der Waals surface area contributed by atoms with Gasteiger partial charge in [0.25, 0.3) is 0 Å². The Balaban J connectivity index is 1.46. The van der Waals surface area contributed by atoms with Crippen molar-refractivity contribution in [3.8, 4) is 0 Å². The van der Waals surface area contributed by atoms with Gasteiger partial charge in [-0.3, -0.25) is 19.3 Å². The van der Waals surface area contributed by atoms with E-state index in [0.717, 1.165) is 50.8 Å². The molecule has 2 bridgehead atoms. The van der Waals surface area contributed by atoms with Gasteiger partial charge in [0.05, 0.1) is 11.8 Å². The van der Waals surface area contributed by atoms with Crippen LogP contribution in [0.5, 0.6) is 0 Å². The maximum absolute atomic E-state index is 13.6. The molecule has 4 aliphatic rings. The molecular weight excluding hydrogens is 364 g/mol. The molecule has 5 atom stereocenters. The fraction of sp³-hybridized carbons (Fsp3) is 0.542. The second-order valence-corrected chi connectivity index (χ2v) is 8.99. The molecular formula is C24H28N2O3. The van der Waals surface area contributed by atoms with Crippen molar-refractivity contribution < 1.29 is 14.4 Å². The highest BCUT2D eigenvalue weighted by molar-refractivity contribution is 6.09. The summed E-state index contributed by atoms with van der Waals surface area (Å²) in [5, 5.41) is 0. The van der Waals surface area contributed by atoms with E-state index in [4.69, 9.17) is 0 Å². The molecule has 5 heteroatoms. The van der Waals surface area contributed by atoms with E-state index in [9.17, 15) is 14.4 Å². The number of imide groups is 1. The van der Waals surface area contributed by atoms with Crippen molar-refractivity contribution in [1.29, 1.82) is 0 Å². The molecule has 1 aromatic carbocycles. The first-order valence-corrected chi connectivity index (χ1v) is 11.0. The van der Waals surface area contributed by atoms with Crippen LogP contribution in [-0.4, -0.2) is 46.7 Å². The molecule has 1 aromatic rings. The van der Waals surface area contributed by atoms with Gasteiger partial charge in [-0.1, -0.05) is 55.3 Å². The van der Waals surface area contributed by atoms with Crippen LogP contribution in [0.3, 0.4) is 0 Å². The number of carbonyl (C=O) groups is 3. The summed E-state index contributed by atoms with van der Waals surface area (Å²) in [6.07, 6.45) is 9.75. The van der Waals surface area contributed by atoms with Crippen LogP contribution in [-0.2, 0) is 20.8 Å². The lowest BCUT2D eigenvalue weighted by Crippen LogP contribution is -2.53. The molecule has 0 aromatic heterocycles. The quantitative estimate of drug-likeness (QED) is 0.585. The lowest BCUT2D eigenvalue weighted by Gasteiger charge is -2.32. The third-order valence-electron chi connectivity index (χ3n) is 7.29. The normalized spacial score (nSPS) is 31.9. The van der Waals surface area contributed by atoms with E-state index in [0.29, 0.717) is 6.42 Å². The number of amides is 3. The average molecular weight is 392 g/mol. The van der Waals surface area contributed by atoms with Crippen LogP contribution >= 0.6 is 0 Å². The van der Waals surface area contributed by atoms with E-state index < -0.39 is 6.04 Å². The minimum absolute atomic E-state index is 0.0577. The van der Waals surface area contributed by atoms with E-state index in [1.165, 1.54) is 4.90 Å². The van der Waals surface area contributed by atoms with Gasteiger partial charge in [0.1, 0.15) is 6.04 Å². The molecule has 29 heavy (non-hydrogen) atoms. The number of carbonyl (C=O) groups excluding carboxylic acids is 3. The summed E-state index contributed by atoms with van der Waals surface area (Å²) >= 11 is 0. The first-order valence-electron chi connectivity index (χ1n) is 11.0. The Morgan fingerprint density at radius 2 is 1.48 bits per heavy atom. The van der Waals surface area contributed by atoms with E-state index in [1.54, 1.807) is 0 Å². The minimum Gasteiger partial charge on any atom is -0.341 e. The molecule has 3 amide bonds. The highest BCUT2D eigenvalue weighted by Gasteiger charge is 2.61. The van der Waals surface area contributed by atoms with Gasteiger partial charge in [-0.2, -0.15) is 0 Å². The van der Waals surface area contributed by atoms with Gasteiger partial charge in [-0.05, 0) is 36.7 Å². The molecule has 0 spiro atoms. The van der Waals surface area contributed by atoms with Crippen molar-refractivity contribution in [2.75, 3.05) is 13.1 Å². The summed E-state index contributed by atoms with van der Waals surface area (Å²) in [7, 11) is 0. The molecule has 1 saturated carbocycles. The molecule has 0 N–H and O–H groups in total. The smallest absolute Gasteiger partial charge is 0.246 e. The Labute approximate surface area is 171 Å². The molecule has 5 rings (SSSR count). The molecule has 3 fully saturated rings. The van der Waals surface area contributed by atoms with Gasteiger partial charge in [0, 0.05) is 19.5 Å². The molecule has 2 aliphatic carbocycles. The molecule has 2 saturated heterocycles. The van der Waals surface area contributed by atoms with Crippen molar-refractivity contribution in [3.05, 3.63) is 48.0 Å². The van der Waals surface area contributed by atoms with E-state index >= 15 is 0 Å². The third kappa shape index (κ3) is 3.11. The Hall–Kier alpha value is -2.43. The fourth-order valence-electron chi connectivity index (χ4n) is 5.86. The first-order chi connectivity index (χ1) is 14.1. The second kappa shape index (κ2) is 7.43. The number of likely N-dealkylation sites (tertiary alicyclic amines) is 2. The first kappa shape index (κ1) is 18.6. The predicted octanol–water partition coefficient (Wildman–Crippen LogP) is 2.81. The van der Waals surface area contributed by atoms with Crippen molar-refractivity contribution >= 4 is 17.7 Å². The molecule has 152 valence electrons. The van der Waals surface area contributed by atoms with Crippen LogP contribution in [0, 0.1) is 23.7 Å². The Morgan fingerprint density at radius 3 is 2.07 bits per heavy atom. The average Bonchev–Trinajstić information content (AvgIpc) is 3.33. The van der Waals surface area contributed by atoms with Crippen LogP contribution in [0.1, 0.15) is 37.7 Å². The van der Waals surface area contributed by atoms with E-state index in [2.05, 4.69) is 12.2 Å². The zero-order chi connectivity index (χ0) is 20.0. The van der Waals surface area contributed by atoms with E-state index in [1.807, 2.05) is 35.2 Å². The van der Waals surface area contributed by atoms with Crippen LogP contribution in [0.25, 0.3) is 0 Å². The zero-order valence-electron chi connectivity index (χ0n) is 16.7. The maximum Gasteiger partial charge on any atom is 0.246 e. The van der Waals surface area contributed by atoms with Crippen molar-refractivity contribution in [2.24, 2.45) is 23.7 Å². The minimum atomic E-state index is -0.722. The molecule has 0 unspecified atom stereocenters. The number of hydrogen-bond acceptors (Lipinski definition) is 3. The summed E-state index contributed by atoms with van der Waals surface area (Å²) in [6.45, 7) is 1.44. The van der Waals surface area contributed by atoms with Gasteiger partial charge in [-0.25, -0.2) is 0 Å². The lowest BCUT2D eigenvalue weighted by molar-refractivity contribution is -0.152. The van der Waals surface area contributed by atoms with Gasteiger partial charge < -0.3 is 4.90 Å². The standard InChI is InChI=1S/C24H28N2O3/c27-22(25-12-6-1-2-7-13-25)19(14-16-8-4-3-5-9-16)26-23(28)20-17-10-11-18(15-17)21(20)24(26)29/h3-5,8-11,17-21H,1-2,6-7,12-15H2/t17-,18+,19-,20+,21-/m0/s1. The zero-order valence-corrected chi connectivity index (χ0v) is 16.7. The van der Waals surface area contributed by atoms with Gasteiger partial charge in [0.15, 0.2) is 0 Å². The van der Waals surface area contributed by atoms with Crippen molar-refractivity contribution in [1.82, 2.24) is 9.80 Å². The maximum atomic E-state index is 13.6. The highest BCUT2D eigenvalue weighted by atomic mass is 16.2. The predicted molar refractivity (Wildman–Crippen MR) is 109 cm³/mol. The molecule has 2 heterocycles. The SMILES string of the molecule is O=C([C@H](Cc1ccccc1)N1C(=O)[C@@H]2[C@H](C1=O)[C@H]1C=C[C@@H]2C1)N1CCCCCC1. The Morgan fingerprint density at radius 1 is 0.897 bits per heavy atom. The van der Waals surface area contributed by atoms with Crippen LogP contribution in [0.2, 0.25) is 0 Å². The third-order valence-corrected chi connectivity index (χ3v) is 7.29. The summed E-state index contributed by atoms with van der Waals surface area (Å²) in [4.78, 5) is 43.6. The van der Waals surface area contributed by atoms with Crippen molar-refractivity contribution in [2.45, 2.75) is 44.6 Å². The number of rotatable bonds is 4. The van der Waals surface area contributed by atoms with Gasteiger partial charge in [-0.15, -0.1) is 0 Å². The largest absolute Gasteiger partial charge is 0.341 e. The summed E-state index contributed by atoms with van der Waals surface area (Å²) in [6, 6.07) is 9.04.